The van der Waals surface area contributed by atoms with Crippen molar-refractivity contribution in [3.8, 4) is 0 Å². The van der Waals surface area contributed by atoms with Crippen molar-refractivity contribution in [3.63, 3.8) is 0 Å². The van der Waals surface area contributed by atoms with Crippen molar-refractivity contribution in [2.75, 3.05) is 20.1 Å². The van der Waals surface area contributed by atoms with E-state index in [1.165, 1.54) is 11.9 Å². The Morgan fingerprint density at radius 1 is 1.44 bits per heavy atom. The molecule has 0 saturated heterocycles. The summed E-state index contributed by atoms with van der Waals surface area (Å²) in [6.45, 7) is 5.41. The Bertz CT molecular complexity index is 339. The second kappa shape index (κ2) is 6.83. The van der Waals surface area contributed by atoms with Gasteiger partial charge in [0.15, 0.2) is 5.84 Å². The number of hydrogen-bond acceptors (Lipinski definition) is 4. The topological polar surface area (TPSA) is 108 Å². The van der Waals surface area contributed by atoms with E-state index in [4.69, 9.17) is 10.9 Å². The van der Waals surface area contributed by atoms with Crippen LogP contribution in [0.2, 0.25) is 0 Å². The number of rotatable bonds is 6. The van der Waals surface area contributed by atoms with Crippen molar-refractivity contribution in [3.05, 3.63) is 0 Å². The highest BCUT2D eigenvalue weighted by molar-refractivity contribution is 6.06. The molecule has 7 heteroatoms. The molecular formula is C11H22N4O3. The molecule has 0 saturated carbocycles. The first-order valence-electron chi connectivity index (χ1n) is 5.79. The standard InChI is InChI=1S/C11H22N4O3/c1-5-6-15(7-8(16)13-4)10(17)11(2,3)9(12)14-18/h18H,5-7H2,1-4H3,(H2,12,14)(H,13,16). The first-order valence-corrected chi connectivity index (χ1v) is 5.79. The zero-order chi connectivity index (χ0) is 14.3. The van der Waals surface area contributed by atoms with Crippen molar-refractivity contribution in [1.29, 1.82) is 0 Å². The van der Waals surface area contributed by atoms with Crippen LogP contribution in [0.25, 0.3) is 0 Å². The number of oxime groups is 1. The van der Waals surface area contributed by atoms with Crippen molar-refractivity contribution in [1.82, 2.24) is 10.2 Å². The molecule has 0 heterocycles. The van der Waals surface area contributed by atoms with Crippen molar-refractivity contribution in [2.24, 2.45) is 16.3 Å². The van der Waals surface area contributed by atoms with Gasteiger partial charge >= 0.3 is 0 Å². The van der Waals surface area contributed by atoms with E-state index in [0.29, 0.717) is 6.54 Å². The molecule has 0 aromatic carbocycles. The summed E-state index contributed by atoms with van der Waals surface area (Å²) in [6, 6.07) is 0. The molecule has 0 atom stereocenters. The number of carbonyl (C=O) groups excluding carboxylic acids is 2. The summed E-state index contributed by atoms with van der Waals surface area (Å²) < 4.78 is 0. The van der Waals surface area contributed by atoms with Crippen molar-refractivity contribution < 1.29 is 14.8 Å². The Kier molecular flexibility index (Phi) is 6.15. The minimum atomic E-state index is -1.14. The summed E-state index contributed by atoms with van der Waals surface area (Å²) in [5.41, 5.74) is 4.36. The van der Waals surface area contributed by atoms with E-state index in [9.17, 15) is 9.59 Å². The predicted molar refractivity (Wildman–Crippen MR) is 68.1 cm³/mol. The number of amidine groups is 1. The third-order valence-corrected chi connectivity index (χ3v) is 2.68. The van der Waals surface area contributed by atoms with E-state index >= 15 is 0 Å². The molecule has 0 unspecified atom stereocenters. The molecule has 18 heavy (non-hydrogen) atoms. The predicted octanol–water partition coefficient (Wildman–Crippen LogP) is -0.256. The normalized spacial score (nSPS) is 12.1. The van der Waals surface area contributed by atoms with Crippen LogP contribution in [0, 0.1) is 5.41 Å². The maximum atomic E-state index is 12.3. The van der Waals surface area contributed by atoms with Gasteiger partial charge in [-0.05, 0) is 20.3 Å². The van der Waals surface area contributed by atoms with Crippen molar-refractivity contribution in [2.45, 2.75) is 27.2 Å². The minimum absolute atomic E-state index is 0.0364. The third kappa shape index (κ3) is 3.90. The average molecular weight is 258 g/mol. The van der Waals surface area contributed by atoms with Gasteiger partial charge in [-0.1, -0.05) is 12.1 Å². The second-order valence-electron chi connectivity index (χ2n) is 4.51. The van der Waals surface area contributed by atoms with Crippen LogP contribution in [-0.2, 0) is 9.59 Å². The number of likely N-dealkylation sites (N-methyl/N-ethyl adjacent to an activating group) is 1. The highest BCUT2D eigenvalue weighted by Crippen LogP contribution is 2.19. The van der Waals surface area contributed by atoms with Gasteiger partial charge in [0.25, 0.3) is 0 Å². The fourth-order valence-electron chi connectivity index (χ4n) is 1.40. The largest absolute Gasteiger partial charge is 0.409 e. The number of carbonyl (C=O) groups is 2. The van der Waals surface area contributed by atoms with Crippen LogP contribution in [0.3, 0.4) is 0 Å². The second-order valence-corrected chi connectivity index (χ2v) is 4.51. The van der Waals surface area contributed by atoms with E-state index in [1.54, 1.807) is 13.8 Å². The Balaban J connectivity index is 5.01. The molecule has 0 aliphatic heterocycles. The van der Waals surface area contributed by atoms with Gasteiger partial charge in [0.2, 0.25) is 11.8 Å². The molecule has 0 aromatic rings. The maximum absolute atomic E-state index is 12.3. The number of amides is 2. The van der Waals surface area contributed by atoms with Crippen LogP contribution >= 0.6 is 0 Å². The van der Waals surface area contributed by atoms with E-state index in [-0.39, 0.29) is 24.2 Å². The van der Waals surface area contributed by atoms with Crippen LogP contribution in [0.15, 0.2) is 5.16 Å². The Hall–Kier alpha value is -1.79. The molecule has 0 aliphatic carbocycles. The van der Waals surface area contributed by atoms with Gasteiger partial charge in [0.05, 0.1) is 6.54 Å². The quantitative estimate of drug-likeness (QED) is 0.264. The summed E-state index contributed by atoms with van der Waals surface area (Å²) in [6.07, 6.45) is 0.717. The highest BCUT2D eigenvalue weighted by atomic mass is 16.4. The Morgan fingerprint density at radius 2 is 2.00 bits per heavy atom. The highest BCUT2D eigenvalue weighted by Gasteiger charge is 2.36. The maximum Gasteiger partial charge on any atom is 0.239 e. The van der Waals surface area contributed by atoms with Gasteiger partial charge in [-0.25, -0.2) is 0 Å². The van der Waals surface area contributed by atoms with E-state index < -0.39 is 5.41 Å². The van der Waals surface area contributed by atoms with Crippen molar-refractivity contribution >= 4 is 17.6 Å². The van der Waals surface area contributed by atoms with Crippen LogP contribution in [0.4, 0.5) is 0 Å². The monoisotopic (exact) mass is 258 g/mol. The molecule has 0 fully saturated rings. The fraction of sp³-hybridized carbons (Fsp3) is 0.727. The summed E-state index contributed by atoms with van der Waals surface area (Å²) in [5, 5.41) is 14.0. The van der Waals surface area contributed by atoms with Gasteiger partial charge in [-0.15, -0.1) is 0 Å². The minimum Gasteiger partial charge on any atom is -0.409 e. The summed E-state index contributed by atoms with van der Waals surface area (Å²) >= 11 is 0. The molecule has 0 spiro atoms. The molecule has 104 valence electrons. The first-order chi connectivity index (χ1) is 8.31. The summed E-state index contributed by atoms with van der Waals surface area (Å²) in [7, 11) is 1.51. The molecule has 0 bridgehead atoms. The van der Waals surface area contributed by atoms with Crippen LogP contribution in [0.5, 0.6) is 0 Å². The first kappa shape index (κ1) is 16.2. The number of hydrogen-bond donors (Lipinski definition) is 3. The number of nitrogens with zero attached hydrogens (tertiary/aromatic N) is 2. The zero-order valence-corrected chi connectivity index (χ0v) is 11.4. The van der Waals surface area contributed by atoms with Gasteiger partial charge in [0.1, 0.15) is 5.41 Å². The third-order valence-electron chi connectivity index (χ3n) is 2.68. The smallest absolute Gasteiger partial charge is 0.239 e. The fourth-order valence-corrected chi connectivity index (χ4v) is 1.40. The van der Waals surface area contributed by atoms with Crippen LogP contribution in [0.1, 0.15) is 27.2 Å². The van der Waals surface area contributed by atoms with E-state index in [2.05, 4.69) is 10.5 Å². The van der Waals surface area contributed by atoms with E-state index in [1.807, 2.05) is 6.92 Å². The molecule has 0 aliphatic rings. The molecule has 2 amide bonds. The Morgan fingerprint density at radius 3 is 2.39 bits per heavy atom. The Labute approximate surface area is 107 Å². The lowest BCUT2D eigenvalue weighted by atomic mass is 9.90. The summed E-state index contributed by atoms with van der Waals surface area (Å²) in [5.74, 6) is -0.777. The van der Waals surface area contributed by atoms with Gasteiger partial charge in [0, 0.05) is 13.6 Å². The number of nitrogens with one attached hydrogen (secondary N) is 1. The van der Waals surface area contributed by atoms with Crippen LogP contribution < -0.4 is 11.1 Å². The molecule has 0 rings (SSSR count). The van der Waals surface area contributed by atoms with Gasteiger partial charge in [-0.3, -0.25) is 9.59 Å². The molecule has 0 aromatic heterocycles. The SMILES string of the molecule is CCCN(CC(=O)NC)C(=O)C(C)(C)C(N)=NO. The lowest BCUT2D eigenvalue weighted by molar-refractivity contribution is -0.140. The zero-order valence-electron chi connectivity index (χ0n) is 11.4. The van der Waals surface area contributed by atoms with Crippen LogP contribution in [-0.4, -0.2) is 47.9 Å². The van der Waals surface area contributed by atoms with E-state index in [0.717, 1.165) is 6.42 Å². The number of nitrogens with two attached hydrogens (primary N) is 1. The molecule has 4 N–H and O–H groups in total. The molecule has 0 radical (unpaired) electrons. The molecular weight excluding hydrogens is 236 g/mol. The van der Waals surface area contributed by atoms with Gasteiger partial charge < -0.3 is 21.2 Å². The van der Waals surface area contributed by atoms with Gasteiger partial charge in [-0.2, -0.15) is 0 Å². The lowest BCUT2D eigenvalue weighted by Crippen LogP contribution is -2.50. The summed E-state index contributed by atoms with van der Waals surface area (Å²) in [4.78, 5) is 25.0. The average Bonchev–Trinajstić information content (AvgIpc) is 2.35. The molecule has 7 nitrogen and oxygen atoms in total. The lowest BCUT2D eigenvalue weighted by Gasteiger charge is -2.30.